The molecule has 1 aliphatic heterocycles. The molecule has 0 atom stereocenters. The molecule has 1 aromatic heterocycles. The standard InChI is InChI=1S/C10H18N6.ClH/c1-7-8(11)14-10(15-9(7)12-2)16-5-3-13-4-6-16;/h13H,3-6H2,1-2H3,(H3,11,12,14,15);1H. The van der Waals surface area contributed by atoms with Crippen molar-refractivity contribution in [2.45, 2.75) is 6.92 Å². The van der Waals surface area contributed by atoms with E-state index in [1.165, 1.54) is 0 Å². The molecule has 6 nitrogen and oxygen atoms in total. The molecule has 1 aromatic rings. The van der Waals surface area contributed by atoms with Crippen molar-refractivity contribution in [2.24, 2.45) is 0 Å². The molecule has 1 saturated heterocycles. The van der Waals surface area contributed by atoms with Crippen LogP contribution in [-0.4, -0.2) is 43.2 Å². The minimum Gasteiger partial charge on any atom is -0.383 e. The van der Waals surface area contributed by atoms with Crippen LogP contribution < -0.4 is 21.3 Å². The second kappa shape index (κ2) is 5.88. The second-order valence-corrected chi connectivity index (χ2v) is 3.87. The van der Waals surface area contributed by atoms with Crippen LogP contribution in [0.15, 0.2) is 0 Å². The average molecular weight is 259 g/mol. The fourth-order valence-electron chi connectivity index (χ4n) is 1.77. The van der Waals surface area contributed by atoms with Crippen molar-refractivity contribution in [1.29, 1.82) is 0 Å². The first kappa shape index (κ1) is 13.8. The number of hydrogen-bond donors (Lipinski definition) is 3. The van der Waals surface area contributed by atoms with Crippen molar-refractivity contribution in [3.8, 4) is 0 Å². The van der Waals surface area contributed by atoms with Crippen LogP contribution in [0, 0.1) is 6.92 Å². The molecule has 0 saturated carbocycles. The fourth-order valence-corrected chi connectivity index (χ4v) is 1.77. The number of piperazine rings is 1. The van der Waals surface area contributed by atoms with Gasteiger partial charge in [0.05, 0.1) is 0 Å². The van der Waals surface area contributed by atoms with E-state index in [0.717, 1.165) is 37.6 Å². The van der Waals surface area contributed by atoms with Crippen molar-refractivity contribution < 1.29 is 0 Å². The van der Waals surface area contributed by atoms with E-state index in [4.69, 9.17) is 5.73 Å². The number of halogens is 1. The van der Waals surface area contributed by atoms with Crippen LogP contribution in [0.5, 0.6) is 0 Å². The van der Waals surface area contributed by atoms with Crippen LogP contribution in [0.1, 0.15) is 5.56 Å². The Bertz CT molecular complexity index is 377. The number of rotatable bonds is 2. The molecule has 0 radical (unpaired) electrons. The molecule has 96 valence electrons. The smallest absolute Gasteiger partial charge is 0.229 e. The molecule has 7 heteroatoms. The van der Waals surface area contributed by atoms with Gasteiger partial charge >= 0.3 is 0 Å². The first-order valence-corrected chi connectivity index (χ1v) is 5.50. The Kier molecular flexibility index (Phi) is 4.77. The summed E-state index contributed by atoms with van der Waals surface area (Å²) in [5.41, 5.74) is 6.77. The lowest BCUT2D eigenvalue weighted by Gasteiger charge is -2.28. The first-order valence-electron chi connectivity index (χ1n) is 5.50. The summed E-state index contributed by atoms with van der Waals surface area (Å²) < 4.78 is 0. The van der Waals surface area contributed by atoms with E-state index in [1.807, 2.05) is 14.0 Å². The average Bonchev–Trinajstić information content (AvgIpc) is 2.33. The van der Waals surface area contributed by atoms with E-state index < -0.39 is 0 Å². The predicted octanol–water partition coefficient (Wildman–Crippen LogP) is 0.240. The number of nitrogen functional groups attached to an aromatic ring is 1. The lowest BCUT2D eigenvalue weighted by Crippen LogP contribution is -2.44. The number of nitrogens with one attached hydrogen (secondary N) is 2. The van der Waals surface area contributed by atoms with E-state index >= 15 is 0 Å². The summed E-state index contributed by atoms with van der Waals surface area (Å²) in [6.07, 6.45) is 0. The molecule has 4 N–H and O–H groups in total. The minimum atomic E-state index is 0. The fraction of sp³-hybridized carbons (Fsp3) is 0.600. The Balaban J connectivity index is 0.00000144. The van der Waals surface area contributed by atoms with Gasteiger partial charge in [0, 0.05) is 38.8 Å². The third-order valence-electron chi connectivity index (χ3n) is 2.81. The van der Waals surface area contributed by atoms with E-state index in [9.17, 15) is 0 Å². The maximum atomic E-state index is 5.87. The summed E-state index contributed by atoms with van der Waals surface area (Å²) in [4.78, 5) is 10.9. The van der Waals surface area contributed by atoms with Crippen molar-refractivity contribution in [1.82, 2.24) is 15.3 Å². The van der Waals surface area contributed by atoms with E-state index in [-0.39, 0.29) is 12.4 Å². The van der Waals surface area contributed by atoms with E-state index in [2.05, 4.69) is 25.5 Å². The van der Waals surface area contributed by atoms with Crippen molar-refractivity contribution in [2.75, 3.05) is 49.2 Å². The maximum absolute atomic E-state index is 5.87. The zero-order valence-corrected chi connectivity index (χ0v) is 11.0. The zero-order chi connectivity index (χ0) is 11.5. The number of aromatic nitrogens is 2. The highest BCUT2D eigenvalue weighted by Gasteiger charge is 2.15. The zero-order valence-electron chi connectivity index (χ0n) is 10.2. The van der Waals surface area contributed by atoms with Crippen molar-refractivity contribution in [3.63, 3.8) is 0 Å². The van der Waals surface area contributed by atoms with Crippen LogP contribution in [-0.2, 0) is 0 Å². The Hall–Kier alpha value is -1.27. The Morgan fingerprint density at radius 2 is 1.94 bits per heavy atom. The SMILES string of the molecule is CNc1nc(N2CCNCC2)nc(N)c1C.Cl. The number of nitrogens with two attached hydrogens (primary N) is 1. The molecule has 0 bridgehead atoms. The molecule has 2 heterocycles. The molecule has 0 aliphatic carbocycles. The van der Waals surface area contributed by atoms with Gasteiger partial charge in [-0.2, -0.15) is 9.97 Å². The molecule has 0 unspecified atom stereocenters. The predicted molar refractivity (Wildman–Crippen MR) is 73.1 cm³/mol. The number of nitrogens with zero attached hydrogens (tertiary/aromatic N) is 3. The van der Waals surface area contributed by atoms with Gasteiger partial charge in [-0.15, -0.1) is 12.4 Å². The quantitative estimate of drug-likeness (QED) is 0.705. The van der Waals surface area contributed by atoms with Crippen LogP contribution in [0.3, 0.4) is 0 Å². The highest BCUT2D eigenvalue weighted by Crippen LogP contribution is 2.20. The van der Waals surface area contributed by atoms with Gasteiger partial charge in [0.25, 0.3) is 0 Å². The lowest BCUT2D eigenvalue weighted by atomic mass is 10.3. The van der Waals surface area contributed by atoms with Crippen LogP contribution >= 0.6 is 12.4 Å². The van der Waals surface area contributed by atoms with Gasteiger partial charge in [0.2, 0.25) is 5.95 Å². The van der Waals surface area contributed by atoms with Gasteiger partial charge in [-0.25, -0.2) is 0 Å². The number of anilines is 3. The third kappa shape index (κ3) is 2.89. The molecule has 17 heavy (non-hydrogen) atoms. The lowest BCUT2D eigenvalue weighted by molar-refractivity contribution is 0.580. The number of hydrogen-bond acceptors (Lipinski definition) is 6. The summed E-state index contributed by atoms with van der Waals surface area (Å²) in [6.45, 7) is 5.69. The highest BCUT2D eigenvalue weighted by molar-refractivity contribution is 5.85. The molecule has 1 fully saturated rings. The topological polar surface area (TPSA) is 79.1 Å². The third-order valence-corrected chi connectivity index (χ3v) is 2.81. The van der Waals surface area contributed by atoms with Gasteiger partial charge < -0.3 is 21.3 Å². The van der Waals surface area contributed by atoms with E-state index in [0.29, 0.717) is 11.8 Å². The maximum Gasteiger partial charge on any atom is 0.229 e. The van der Waals surface area contributed by atoms with Gasteiger partial charge in [-0.1, -0.05) is 0 Å². The normalized spacial score (nSPS) is 15.3. The van der Waals surface area contributed by atoms with Crippen molar-refractivity contribution >= 4 is 30.0 Å². The second-order valence-electron chi connectivity index (χ2n) is 3.87. The Morgan fingerprint density at radius 1 is 1.29 bits per heavy atom. The van der Waals surface area contributed by atoms with Gasteiger partial charge in [0.1, 0.15) is 11.6 Å². The van der Waals surface area contributed by atoms with Crippen LogP contribution in [0.2, 0.25) is 0 Å². The molecule has 0 aromatic carbocycles. The summed E-state index contributed by atoms with van der Waals surface area (Å²) in [6, 6.07) is 0. The highest BCUT2D eigenvalue weighted by atomic mass is 35.5. The molecular formula is C10H19ClN6. The Morgan fingerprint density at radius 3 is 2.53 bits per heavy atom. The molecule has 0 amide bonds. The monoisotopic (exact) mass is 258 g/mol. The van der Waals surface area contributed by atoms with Crippen LogP contribution in [0.25, 0.3) is 0 Å². The van der Waals surface area contributed by atoms with Gasteiger partial charge in [0.15, 0.2) is 0 Å². The van der Waals surface area contributed by atoms with Crippen LogP contribution in [0.4, 0.5) is 17.6 Å². The van der Waals surface area contributed by atoms with Gasteiger partial charge in [-0.05, 0) is 6.92 Å². The molecule has 2 rings (SSSR count). The Labute approximate surface area is 107 Å². The van der Waals surface area contributed by atoms with Crippen molar-refractivity contribution in [3.05, 3.63) is 5.56 Å². The molecular weight excluding hydrogens is 240 g/mol. The summed E-state index contributed by atoms with van der Waals surface area (Å²) in [5, 5.41) is 6.34. The molecule has 1 aliphatic rings. The largest absolute Gasteiger partial charge is 0.383 e. The first-order chi connectivity index (χ1) is 7.72. The molecule has 0 spiro atoms. The minimum absolute atomic E-state index is 0. The summed E-state index contributed by atoms with van der Waals surface area (Å²) >= 11 is 0. The van der Waals surface area contributed by atoms with E-state index in [1.54, 1.807) is 0 Å². The summed E-state index contributed by atoms with van der Waals surface area (Å²) in [7, 11) is 1.84. The van der Waals surface area contributed by atoms with Gasteiger partial charge in [-0.3, -0.25) is 0 Å². The summed E-state index contributed by atoms with van der Waals surface area (Å²) in [5.74, 6) is 2.07.